The van der Waals surface area contributed by atoms with Crippen LogP contribution in [-0.2, 0) is 6.42 Å². The lowest BCUT2D eigenvalue weighted by atomic mass is 9.74. The van der Waals surface area contributed by atoms with E-state index in [0.717, 1.165) is 29.2 Å². The van der Waals surface area contributed by atoms with E-state index >= 15 is 0 Å². The molecule has 112 valence electrons. The van der Waals surface area contributed by atoms with Crippen molar-refractivity contribution in [3.8, 4) is 0 Å². The number of benzene rings is 1. The molecule has 1 fully saturated rings. The summed E-state index contributed by atoms with van der Waals surface area (Å²) in [5, 5.41) is 10.4. The van der Waals surface area contributed by atoms with Crippen molar-refractivity contribution in [2.75, 3.05) is 0 Å². The van der Waals surface area contributed by atoms with E-state index in [-0.39, 0.29) is 5.82 Å². The number of aliphatic hydroxyl groups is 1. The number of hydrogen-bond acceptors (Lipinski definition) is 1. The monoisotopic (exact) mass is 342 g/mol. The molecule has 1 N–H and O–H groups in total. The van der Waals surface area contributed by atoms with Crippen molar-refractivity contribution in [2.24, 2.45) is 17.8 Å². The lowest BCUT2D eigenvalue weighted by molar-refractivity contribution is 0.0669. The fraction of sp³-hybridized carbons (Fsp3) is 0.647. The van der Waals surface area contributed by atoms with Crippen LogP contribution in [0.25, 0.3) is 0 Å². The Kier molecular flexibility index (Phi) is 5.62. The second kappa shape index (κ2) is 7.04. The van der Waals surface area contributed by atoms with Crippen molar-refractivity contribution in [1.82, 2.24) is 0 Å². The molecule has 0 radical (unpaired) electrons. The molecule has 1 unspecified atom stereocenters. The maximum atomic E-state index is 13.8. The van der Waals surface area contributed by atoms with E-state index in [2.05, 4.69) is 29.8 Å². The summed E-state index contributed by atoms with van der Waals surface area (Å²) >= 11 is 3.26. The molecule has 1 aromatic carbocycles. The van der Waals surface area contributed by atoms with E-state index in [1.807, 2.05) is 6.07 Å². The molecule has 1 aliphatic rings. The summed E-state index contributed by atoms with van der Waals surface area (Å²) in [5.74, 6) is 1.63. The van der Waals surface area contributed by atoms with Gasteiger partial charge in [0.15, 0.2) is 0 Å². The summed E-state index contributed by atoms with van der Waals surface area (Å²) in [5.41, 5.74) is 0.617. The SMILES string of the molecule is CC(C)C1CCC(C(O)Cc2ccc(Br)cc2F)CC1. The van der Waals surface area contributed by atoms with Gasteiger partial charge in [0.1, 0.15) is 5.82 Å². The molecule has 0 bridgehead atoms. The third-order valence-electron chi connectivity index (χ3n) is 4.75. The highest BCUT2D eigenvalue weighted by Gasteiger charge is 2.28. The van der Waals surface area contributed by atoms with Gasteiger partial charge in [0.2, 0.25) is 0 Å². The summed E-state index contributed by atoms with van der Waals surface area (Å²) in [4.78, 5) is 0. The molecule has 2 rings (SSSR count). The number of rotatable bonds is 4. The molecule has 0 spiro atoms. The van der Waals surface area contributed by atoms with E-state index in [4.69, 9.17) is 0 Å². The second-order valence-electron chi connectivity index (χ2n) is 6.43. The van der Waals surface area contributed by atoms with Crippen molar-refractivity contribution < 1.29 is 9.50 Å². The van der Waals surface area contributed by atoms with Crippen molar-refractivity contribution in [2.45, 2.75) is 52.1 Å². The fourth-order valence-electron chi connectivity index (χ4n) is 3.28. The predicted molar refractivity (Wildman–Crippen MR) is 84.1 cm³/mol. The third kappa shape index (κ3) is 4.05. The van der Waals surface area contributed by atoms with Crippen molar-refractivity contribution in [3.63, 3.8) is 0 Å². The first-order valence-corrected chi connectivity index (χ1v) is 8.38. The summed E-state index contributed by atoms with van der Waals surface area (Å²) in [7, 11) is 0. The van der Waals surface area contributed by atoms with Crippen LogP contribution in [0.1, 0.15) is 45.1 Å². The first kappa shape index (κ1) is 16.0. The van der Waals surface area contributed by atoms with Crippen LogP contribution in [0, 0.1) is 23.6 Å². The maximum absolute atomic E-state index is 13.8. The molecule has 3 heteroatoms. The van der Waals surface area contributed by atoms with E-state index in [0.29, 0.717) is 17.9 Å². The van der Waals surface area contributed by atoms with Crippen LogP contribution < -0.4 is 0 Å². The molecule has 1 saturated carbocycles. The lowest BCUT2D eigenvalue weighted by Gasteiger charge is -2.33. The molecule has 1 nitrogen and oxygen atoms in total. The second-order valence-corrected chi connectivity index (χ2v) is 7.34. The van der Waals surface area contributed by atoms with Gasteiger partial charge in [-0.2, -0.15) is 0 Å². The van der Waals surface area contributed by atoms with E-state index in [1.54, 1.807) is 6.07 Å². The molecule has 0 heterocycles. The number of aliphatic hydroxyl groups excluding tert-OH is 1. The number of hydrogen-bond donors (Lipinski definition) is 1. The minimum Gasteiger partial charge on any atom is -0.392 e. The Hall–Kier alpha value is -0.410. The van der Waals surface area contributed by atoms with Gasteiger partial charge in [0.25, 0.3) is 0 Å². The third-order valence-corrected chi connectivity index (χ3v) is 5.24. The lowest BCUT2D eigenvalue weighted by Crippen LogP contribution is -2.29. The topological polar surface area (TPSA) is 20.2 Å². The highest BCUT2D eigenvalue weighted by atomic mass is 79.9. The zero-order chi connectivity index (χ0) is 14.7. The van der Waals surface area contributed by atoms with Gasteiger partial charge in [-0.1, -0.05) is 35.8 Å². The van der Waals surface area contributed by atoms with Gasteiger partial charge in [-0.25, -0.2) is 4.39 Å². The van der Waals surface area contributed by atoms with Gasteiger partial charge < -0.3 is 5.11 Å². The quantitative estimate of drug-likeness (QED) is 0.820. The van der Waals surface area contributed by atoms with Crippen LogP contribution in [0.5, 0.6) is 0 Å². The summed E-state index contributed by atoms with van der Waals surface area (Å²) in [6.07, 6.45) is 4.55. The molecular formula is C17H24BrFO. The Labute approximate surface area is 129 Å². The first-order valence-electron chi connectivity index (χ1n) is 7.59. The van der Waals surface area contributed by atoms with Crippen LogP contribution >= 0.6 is 15.9 Å². The molecule has 0 aliphatic heterocycles. The van der Waals surface area contributed by atoms with Crippen LogP contribution in [-0.4, -0.2) is 11.2 Å². The molecule has 0 amide bonds. The Morgan fingerprint density at radius 2 is 1.80 bits per heavy atom. The highest BCUT2D eigenvalue weighted by Crippen LogP contribution is 2.35. The van der Waals surface area contributed by atoms with Gasteiger partial charge in [-0.3, -0.25) is 0 Å². The Balaban J connectivity index is 1.91. The van der Waals surface area contributed by atoms with E-state index in [1.165, 1.54) is 18.9 Å². The smallest absolute Gasteiger partial charge is 0.127 e. The van der Waals surface area contributed by atoms with Gasteiger partial charge in [0.05, 0.1) is 6.10 Å². The van der Waals surface area contributed by atoms with Crippen LogP contribution in [0.15, 0.2) is 22.7 Å². The maximum Gasteiger partial charge on any atom is 0.127 e. The van der Waals surface area contributed by atoms with Gasteiger partial charge in [-0.05, 0) is 61.1 Å². The average molecular weight is 343 g/mol. The highest BCUT2D eigenvalue weighted by molar-refractivity contribution is 9.10. The van der Waals surface area contributed by atoms with Crippen molar-refractivity contribution in [3.05, 3.63) is 34.1 Å². The van der Waals surface area contributed by atoms with Crippen molar-refractivity contribution in [1.29, 1.82) is 0 Å². The Morgan fingerprint density at radius 3 is 2.35 bits per heavy atom. The molecule has 1 aliphatic carbocycles. The van der Waals surface area contributed by atoms with Gasteiger partial charge >= 0.3 is 0 Å². The number of halogens is 2. The molecule has 0 saturated heterocycles. The molecular weight excluding hydrogens is 319 g/mol. The fourth-order valence-corrected chi connectivity index (χ4v) is 3.61. The largest absolute Gasteiger partial charge is 0.392 e. The standard InChI is InChI=1S/C17H24BrFO/c1-11(2)12-3-5-13(6-4-12)17(20)9-14-7-8-15(18)10-16(14)19/h7-8,10-13,17,20H,3-6,9H2,1-2H3. The summed E-state index contributed by atoms with van der Waals surface area (Å²) < 4.78 is 14.5. The summed E-state index contributed by atoms with van der Waals surface area (Å²) in [6.45, 7) is 4.55. The minimum absolute atomic E-state index is 0.228. The Morgan fingerprint density at radius 1 is 1.20 bits per heavy atom. The molecule has 1 atom stereocenters. The van der Waals surface area contributed by atoms with Crippen LogP contribution in [0.4, 0.5) is 4.39 Å². The predicted octanol–water partition coefficient (Wildman–Crippen LogP) is 4.95. The zero-order valence-electron chi connectivity index (χ0n) is 12.3. The van der Waals surface area contributed by atoms with E-state index in [9.17, 15) is 9.50 Å². The molecule has 20 heavy (non-hydrogen) atoms. The molecule has 1 aromatic rings. The Bertz CT molecular complexity index is 439. The minimum atomic E-state index is -0.418. The van der Waals surface area contributed by atoms with E-state index < -0.39 is 6.10 Å². The first-order chi connectivity index (χ1) is 9.47. The van der Waals surface area contributed by atoms with Crippen LogP contribution in [0.3, 0.4) is 0 Å². The zero-order valence-corrected chi connectivity index (χ0v) is 13.9. The van der Waals surface area contributed by atoms with Crippen LogP contribution in [0.2, 0.25) is 0 Å². The van der Waals surface area contributed by atoms with Gasteiger partial charge in [-0.15, -0.1) is 0 Å². The normalized spacial score (nSPS) is 24.9. The van der Waals surface area contributed by atoms with Crippen molar-refractivity contribution >= 4 is 15.9 Å². The average Bonchev–Trinajstić information content (AvgIpc) is 2.42. The van der Waals surface area contributed by atoms with Gasteiger partial charge in [0, 0.05) is 10.9 Å². The molecule has 0 aromatic heterocycles. The summed E-state index contributed by atoms with van der Waals surface area (Å²) in [6, 6.07) is 5.07.